The predicted molar refractivity (Wildman–Crippen MR) is 169 cm³/mol. The lowest BCUT2D eigenvalue weighted by atomic mass is 9.73. The third kappa shape index (κ3) is 6.44. The van der Waals surface area contributed by atoms with Gasteiger partial charge in [-0.2, -0.15) is 0 Å². The Morgan fingerprint density at radius 2 is 0.895 bits per heavy atom. The molecule has 202 valence electrons. The molecular formula is C35H48OSi2. The van der Waals surface area contributed by atoms with E-state index in [0.717, 1.165) is 49.1 Å². The second-order valence-corrected chi connectivity index (χ2v) is 21.4. The van der Waals surface area contributed by atoms with Gasteiger partial charge < -0.3 is 0 Å². The van der Waals surface area contributed by atoms with E-state index in [9.17, 15) is 4.79 Å². The highest BCUT2D eigenvalue weighted by Gasteiger charge is 2.55. The number of hydrogen-bond donors (Lipinski definition) is 0. The standard InChI is InChI=1S/C35H48OSi2/c1-7-37(8-2,9-3)27-25-34(29-31-19-15-13-16-20-31)23-24-35(33(34)36,30-32-21-17-14-18-22-32)26-28-38(10-4,11-5)12-6/h13-22H,7-12,23-24,29-30H2,1-6H3/t34-,35+. The predicted octanol–water partition coefficient (Wildman–Crippen LogP) is 8.91. The monoisotopic (exact) mass is 540 g/mol. The minimum absolute atomic E-state index is 0.287. The topological polar surface area (TPSA) is 17.1 Å². The first kappa shape index (κ1) is 30.2. The van der Waals surface area contributed by atoms with E-state index in [1.54, 1.807) is 0 Å². The van der Waals surface area contributed by atoms with Crippen LogP contribution in [0.15, 0.2) is 60.7 Å². The third-order valence-electron chi connectivity index (χ3n) is 9.74. The maximum atomic E-state index is 14.9. The highest BCUT2D eigenvalue weighted by atomic mass is 28.3. The number of ketones is 1. The molecule has 3 heteroatoms. The van der Waals surface area contributed by atoms with Gasteiger partial charge in [-0.3, -0.25) is 4.79 Å². The maximum Gasteiger partial charge on any atom is 0.169 e. The van der Waals surface area contributed by atoms with Gasteiger partial charge in [-0.05, 0) is 73.1 Å². The Morgan fingerprint density at radius 1 is 0.579 bits per heavy atom. The third-order valence-corrected chi connectivity index (χ3v) is 19.2. The van der Waals surface area contributed by atoms with Crippen molar-refractivity contribution in [3.8, 4) is 22.9 Å². The maximum absolute atomic E-state index is 14.9. The largest absolute Gasteiger partial charge is 0.296 e. The van der Waals surface area contributed by atoms with Crippen molar-refractivity contribution in [1.29, 1.82) is 0 Å². The molecule has 0 heterocycles. The van der Waals surface area contributed by atoms with Crippen LogP contribution in [0.3, 0.4) is 0 Å². The van der Waals surface area contributed by atoms with Crippen LogP contribution in [0.1, 0.15) is 65.5 Å². The molecule has 2 aromatic carbocycles. The molecule has 2 aromatic rings. The van der Waals surface area contributed by atoms with Crippen LogP contribution in [-0.4, -0.2) is 21.9 Å². The van der Waals surface area contributed by atoms with E-state index in [1.807, 2.05) is 0 Å². The SMILES string of the molecule is CC[Si](C#C[C@@]1(Cc2ccccc2)CC[C@](C#C[Si](CC)(CC)CC)(Cc2ccccc2)C1=O)(CC)CC. The molecule has 1 aliphatic rings. The van der Waals surface area contributed by atoms with Crippen molar-refractivity contribution < 1.29 is 4.79 Å². The number of carbonyl (C=O) groups is 1. The molecule has 0 N–H and O–H groups in total. The first-order valence-electron chi connectivity index (χ1n) is 15.0. The molecule has 1 aliphatic carbocycles. The van der Waals surface area contributed by atoms with E-state index in [0.29, 0.717) is 12.8 Å². The molecule has 0 bridgehead atoms. The van der Waals surface area contributed by atoms with E-state index >= 15 is 0 Å². The number of rotatable bonds is 10. The average molecular weight is 541 g/mol. The van der Waals surface area contributed by atoms with E-state index in [4.69, 9.17) is 0 Å². The quantitative estimate of drug-likeness (QED) is 0.217. The zero-order chi connectivity index (χ0) is 27.7. The van der Waals surface area contributed by atoms with Crippen molar-refractivity contribution in [3.05, 3.63) is 71.8 Å². The fourth-order valence-electron chi connectivity index (χ4n) is 6.20. The molecule has 0 radical (unpaired) electrons. The van der Waals surface area contributed by atoms with Gasteiger partial charge in [0.2, 0.25) is 0 Å². The summed E-state index contributed by atoms with van der Waals surface area (Å²) >= 11 is 0. The second kappa shape index (κ2) is 13.1. The molecule has 3 rings (SSSR count). The van der Waals surface area contributed by atoms with E-state index < -0.39 is 27.0 Å². The summed E-state index contributed by atoms with van der Waals surface area (Å²) in [5, 5.41) is 0. The first-order valence-corrected chi connectivity index (χ1v) is 20.3. The Kier molecular flexibility index (Phi) is 10.5. The normalized spacial score (nSPS) is 21.4. The zero-order valence-electron chi connectivity index (χ0n) is 24.8. The van der Waals surface area contributed by atoms with Gasteiger partial charge in [-0.1, -0.05) is 114 Å². The molecule has 0 aromatic heterocycles. The Hall–Kier alpha value is -2.34. The Balaban J connectivity index is 2.19. The average Bonchev–Trinajstić information content (AvgIpc) is 3.23. The minimum Gasteiger partial charge on any atom is -0.296 e. The molecule has 1 nitrogen and oxygen atoms in total. The van der Waals surface area contributed by atoms with Gasteiger partial charge in [0.1, 0.15) is 16.1 Å². The summed E-state index contributed by atoms with van der Waals surface area (Å²) in [7, 11) is -3.42. The van der Waals surface area contributed by atoms with Crippen LogP contribution in [0.2, 0.25) is 36.3 Å². The molecule has 1 fully saturated rings. The second-order valence-electron chi connectivity index (χ2n) is 11.5. The number of benzene rings is 2. The van der Waals surface area contributed by atoms with Crippen LogP contribution in [0.25, 0.3) is 0 Å². The smallest absolute Gasteiger partial charge is 0.169 e. The van der Waals surface area contributed by atoms with Gasteiger partial charge in [-0.15, -0.1) is 11.1 Å². The number of hydrogen-bond acceptors (Lipinski definition) is 1. The van der Waals surface area contributed by atoms with Crippen molar-refractivity contribution >= 4 is 21.9 Å². The molecular weight excluding hydrogens is 493 g/mol. The van der Waals surface area contributed by atoms with Gasteiger partial charge in [0.15, 0.2) is 5.78 Å². The summed E-state index contributed by atoms with van der Waals surface area (Å²) in [5.41, 5.74) is 8.80. The van der Waals surface area contributed by atoms with Crippen LogP contribution < -0.4 is 0 Å². The van der Waals surface area contributed by atoms with Gasteiger partial charge in [0, 0.05) is 0 Å². The van der Waals surface area contributed by atoms with E-state index in [1.165, 1.54) is 11.1 Å². The van der Waals surface area contributed by atoms with Gasteiger partial charge in [0.25, 0.3) is 0 Å². The molecule has 0 spiro atoms. The van der Waals surface area contributed by atoms with Crippen LogP contribution in [0.4, 0.5) is 0 Å². The fourth-order valence-corrected chi connectivity index (χ4v) is 11.3. The van der Waals surface area contributed by atoms with Gasteiger partial charge >= 0.3 is 0 Å². The molecule has 0 aliphatic heterocycles. The molecule has 38 heavy (non-hydrogen) atoms. The number of carbonyl (C=O) groups excluding carboxylic acids is 1. The Bertz CT molecular complexity index is 1060. The minimum atomic E-state index is -1.71. The van der Waals surface area contributed by atoms with Crippen LogP contribution >= 0.6 is 0 Å². The first-order chi connectivity index (χ1) is 18.3. The lowest BCUT2D eigenvalue weighted by molar-refractivity contribution is -0.129. The molecule has 0 saturated heterocycles. The van der Waals surface area contributed by atoms with Crippen LogP contribution in [-0.2, 0) is 17.6 Å². The van der Waals surface area contributed by atoms with Crippen molar-refractivity contribution in [2.24, 2.45) is 10.8 Å². The molecule has 1 saturated carbocycles. The highest BCUT2D eigenvalue weighted by molar-refractivity contribution is 6.87. The summed E-state index contributed by atoms with van der Waals surface area (Å²) in [6.07, 6.45) is 2.99. The van der Waals surface area contributed by atoms with Crippen molar-refractivity contribution in [3.63, 3.8) is 0 Å². The fraction of sp³-hybridized carbons (Fsp3) is 0.514. The van der Waals surface area contributed by atoms with Gasteiger partial charge in [0.05, 0.1) is 10.8 Å². The lowest BCUT2D eigenvalue weighted by Crippen LogP contribution is -2.39. The van der Waals surface area contributed by atoms with E-state index in [-0.39, 0.29) is 5.78 Å². The van der Waals surface area contributed by atoms with Crippen molar-refractivity contribution in [2.75, 3.05) is 0 Å². The van der Waals surface area contributed by atoms with E-state index in [2.05, 4.69) is 125 Å². The zero-order valence-corrected chi connectivity index (χ0v) is 26.8. The molecule has 0 unspecified atom stereocenters. The summed E-state index contributed by atoms with van der Waals surface area (Å²) in [6, 6.07) is 28.0. The van der Waals surface area contributed by atoms with Crippen LogP contribution in [0, 0.1) is 33.8 Å². The van der Waals surface area contributed by atoms with Gasteiger partial charge in [-0.25, -0.2) is 0 Å². The summed E-state index contributed by atoms with van der Waals surface area (Å²) in [4.78, 5) is 14.9. The molecule has 2 atom stereocenters. The van der Waals surface area contributed by atoms with Crippen molar-refractivity contribution in [1.82, 2.24) is 0 Å². The number of Topliss-reactive ketones (excluding diaryl/α,β-unsaturated/α-hetero) is 1. The highest BCUT2D eigenvalue weighted by Crippen LogP contribution is 2.50. The summed E-state index contributed by atoms with van der Waals surface area (Å²) < 4.78 is 0. The summed E-state index contributed by atoms with van der Waals surface area (Å²) in [6.45, 7) is 13.8. The van der Waals surface area contributed by atoms with Crippen molar-refractivity contribution in [2.45, 2.75) is 103 Å². The Morgan fingerprint density at radius 3 is 1.18 bits per heavy atom. The lowest BCUT2D eigenvalue weighted by Gasteiger charge is -2.29. The Labute approximate surface area is 235 Å². The summed E-state index contributed by atoms with van der Waals surface area (Å²) in [5.74, 6) is 7.83. The molecule has 0 amide bonds. The van der Waals surface area contributed by atoms with Crippen LogP contribution in [0.5, 0.6) is 0 Å².